The van der Waals surface area contributed by atoms with Crippen LogP contribution in [0.15, 0.2) is 0 Å². The van der Waals surface area contributed by atoms with Crippen LogP contribution in [0.5, 0.6) is 0 Å². The van der Waals surface area contributed by atoms with Crippen molar-refractivity contribution in [3.8, 4) is 0 Å². The van der Waals surface area contributed by atoms with E-state index in [4.69, 9.17) is 0 Å². The fourth-order valence-electron chi connectivity index (χ4n) is 9.05. The van der Waals surface area contributed by atoms with Crippen LogP contribution in [0.25, 0.3) is 0 Å². The minimum absolute atomic E-state index is 0.814. The highest BCUT2D eigenvalue weighted by Gasteiger charge is 2.73. The maximum absolute atomic E-state index is 4.05. The Morgan fingerprint density at radius 1 is 0.440 bits per heavy atom. The minimum atomic E-state index is -1.37. The summed E-state index contributed by atoms with van der Waals surface area (Å²) in [6, 6.07) is 3.26. The molecule has 6 saturated heterocycles. The lowest BCUT2D eigenvalue weighted by Crippen LogP contribution is -2.54. The van der Waals surface area contributed by atoms with Crippen molar-refractivity contribution >= 4 is 8.07 Å². The molecule has 5 heteroatoms. The zero-order valence-corrected chi connectivity index (χ0v) is 16.6. The molecule has 0 bridgehead atoms. The maximum Gasteiger partial charge on any atom is 0.0724 e. The smallest absolute Gasteiger partial charge is 0.0724 e. The van der Waals surface area contributed by atoms with Gasteiger partial charge < -0.3 is 21.3 Å². The van der Waals surface area contributed by atoms with Crippen LogP contribution in [0.1, 0.15) is 51.4 Å². The van der Waals surface area contributed by atoms with Gasteiger partial charge in [-0.25, -0.2) is 0 Å². The molecule has 0 aliphatic carbocycles. The van der Waals surface area contributed by atoms with Gasteiger partial charge in [-0.1, -0.05) is 25.7 Å². The summed E-state index contributed by atoms with van der Waals surface area (Å²) in [6.07, 6.45) is 11.9. The number of fused-ring (bicyclic) bond motifs is 10. The van der Waals surface area contributed by atoms with Crippen LogP contribution in [-0.2, 0) is 0 Å². The van der Waals surface area contributed by atoms with Gasteiger partial charge in [0.05, 0.1) is 8.07 Å². The van der Waals surface area contributed by atoms with Gasteiger partial charge in [-0.05, 0) is 74.0 Å². The number of nitrogens with one attached hydrogen (secondary N) is 4. The fourth-order valence-corrected chi connectivity index (χ4v) is 19.0. The van der Waals surface area contributed by atoms with E-state index in [0.29, 0.717) is 0 Å². The molecule has 0 aromatic heterocycles. The van der Waals surface area contributed by atoms with Crippen LogP contribution in [0.4, 0.5) is 0 Å². The first kappa shape index (κ1) is 16.1. The molecule has 8 unspecified atom stereocenters. The van der Waals surface area contributed by atoms with Crippen molar-refractivity contribution in [3.05, 3.63) is 0 Å². The molecule has 4 N–H and O–H groups in total. The normalized spacial score (nSPS) is 57.6. The third kappa shape index (κ3) is 2.02. The predicted octanol–water partition coefficient (Wildman–Crippen LogP) is 1.95. The molecule has 6 fully saturated rings. The number of rotatable bonds is 0. The van der Waals surface area contributed by atoms with Gasteiger partial charge >= 0.3 is 0 Å². The molecule has 25 heavy (non-hydrogen) atoms. The van der Waals surface area contributed by atoms with E-state index in [2.05, 4.69) is 21.3 Å². The second-order valence-electron chi connectivity index (χ2n) is 9.91. The first-order chi connectivity index (χ1) is 12.4. The van der Waals surface area contributed by atoms with Gasteiger partial charge in [0.15, 0.2) is 0 Å². The lowest BCUT2D eigenvalue weighted by molar-refractivity contribution is 0.301. The molecule has 4 nitrogen and oxygen atoms in total. The summed E-state index contributed by atoms with van der Waals surface area (Å²) in [7, 11) is -1.37. The topological polar surface area (TPSA) is 48.1 Å². The van der Waals surface area contributed by atoms with Gasteiger partial charge in [0.1, 0.15) is 0 Å². The zero-order chi connectivity index (χ0) is 16.4. The number of hydrogen-bond donors (Lipinski definition) is 4. The van der Waals surface area contributed by atoms with E-state index in [0.717, 1.165) is 46.3 Å². The van der Waals surface area contributed by atoms with Gasteiger partial charge in [-0.3, -0.25) is 0 Å². The molecule has 1 spiro atoms. The van der Waals surface area contributed by atoms with Crippen LogP contribution < -0.4 is 21.3 Å². The van der Waals surface area contributed by atoms with Gasteiger partial charge in [0, 0.05) is 24.2 Å². The van der Waals surface area contributed by atoms with Crippen molar-refractivity contribution in [1.82, 2.24) is 21.3 Å². The van der Waals surface area contributed by atoms with E-state index >= 15 is 0 Å². The number of hydrogen-bond acceptors (Lipinski definition) is 4. The van der Waals surface area contributed by atoms with Crippen molar-refractivity contribution in [2.24, 2.45) is 0 Å². The lowest BCUT2D eigenvalue weighted by atomic mass is 9.92. The molecule has 0 radical (unpaired) electrons. The zero-order valence-electron chi connectivity index (χ0n) is 15.6. The second kappa shape index (κ2) is 6.03. The van der Waals surface area contributed by atoms with Crippen molar-refractivity contribution < 1.29 is 0 Å². The van der Waals surface area contributed by atoms with Crippen LogP contribution >= 0.6 is 0 Å². The highest BCUT2D eigenvalue weighted by atomic mass is 28.3. The first-order valence-corrected chi connectivity index (χ1v) is 13.7. The highest BCUT2D eigenvalue weighted by molar-refractivity contribution is 6.87. The van der Waals surface area contributed by atoms with Crippen molar-refractivity contribution in [1.29, 1.82) is 0 Å². The Bertz CT molecular complexity index is 434. The Balaban J connectivity index is 1.50. The van der Waals surface area contributed by atoms with Crippen LogP contribution in [0.3, 0.4) is 0 Å². The minimum Gasteiger partial charge on any atom is -0.312 e. The Morgan fingerprint density at radius 2 is 0.720 bits per heavy atom. The van der Waals surface area contributed by atoms with Gasteiger partial charge in [0.25, 0.3) is 0 Å². The van der Waals surface area contributed by atoms with E-state index < -0.39 is 8.07 Å². The molecule has 6 heterocycles. The Kier molecular flexibility index (Phi) is 3.87. The number of piperidine rings is 4. The maximum atomic E-state index is 4.05. The molecule has 0 aromatic rings. The second-order valence-corrected chi connectivity index (χ2v) is 14.9. The molecular weight excluding hydrogens is 324 g/mol. The summed E-state index contributed by atoms with van der Waals surface area (Å²) in [5.74, 6) is 0. The standard InChI is InChI=1S/C20H36N4Si/c1-5-13-17(21-9-1)18-14(6-2-10-22-18)25(13)15-7-3-11-23-19(15)20-16(25)8-4-12-24-20/h13-24H,1-12H2. The van der Waals surface area contributed by atoms with Crippen LogP contribution in [0.2, 0.25) is 22.2 Å². The largest absolute Gasteiger partial charge is 0.312 e. The fraction of sp³-hybridized carbons (Fsp3) is 1.00. The third-order valence-corrected chi connectivity index (χ3v) is 17.1. The van der Waals surface area contributed by atoms with Gasteiger partial charge in [0.2, 0.25) is 0 Å². The van der Waals surface area contributed by atoms with E-state index in [1.165, 1.54) is 51.9 Å². The van der Waals surface area contributed by atoms with E-state index in [1.54, 1.807) is 25.7 Å². The van der Waals surface area contributed by atoms with Crippen LogP contribution in [0, 0.1) is 0 Å². The molecule has 0 aromatic carbocycles. The summed E-state index contributed by atoms with van der Waals surface area (Å²) in [6.45, 7) is 5.09. The summed E-state index contributed by atoms with van der Waals surface area (Å²) in [5.41, 5.74) is 4.24. The summed E-state index contributed by atoms with van der Waals surface area (Å²) < 4.78 is 0. The third-order valence-electron chi connectivity index (χ3n) is 9.36. The Morgan fingerprint density at radius 3 is 1.00 bits per heavy atom. The summed E-state index contributed by atoms with van der Waals surface area (Å²) in [5, 5.41) is 16.2. The molecule has 6 aliphatic rings. The summed E-state index contributed by atoms with van der Waals surface area (Å²) >= 11 is 0. The van der Waals surface area contributed by atoms with E-state index in [9.17, 15) is 0 Å². The molecule has 140 valence electrons. The average Bonchev–Trinajstić information content (AvgIpc) is 3.16. The lowest BCUT2D eigenvalue weighted by Gasteiger charge is -2.49. The highest BCUT2D eigenvalue weighted by Crippen LogP contribution is 2.70. The molecule has 0 saturated carbocycles. The molecule has 6 aliphatic heterocycles. The first-order valence-electron chi connectivity index (χ1n) is 11.4. The molecule has 8 atom stereocenters. The van der Waals surface area contributed by atoms with Crippen molar-refractivity contribution in [2.75, 3.05) is 26.2 Å². The predicted molar refractivity (Wildman–Crippen MR) is 105 cm³/mol. The molecule has 0 amide bonds. The van der Waals surface area contributed by atoms with Crippen molar-refractivity contribution in [3.63, 3.8) is 0 Å². The van der Waals surface area contributed by atoms with Crippen LogP contribution in [-0.4, -0.2) is 58.4 Å². The van der Waals surface area contributed by atoms with E-state index in [-0.39, 0.29) is 0 Å². The van der Waals surface area contributed by atoms with Crippen molar-refractivity contribution in [2.45, 2.75) is 97.7 Å². The summed E-state index contributed by atoms with van der Waals surface area (Å²) in [4.78, 5) is 0. The van der Waals surface area contributed by atoms with Gasteiger partial charge in [-0.2, -0.15) is 0 Å². The Hall–Kier alpha value is 0.0569. The average molecular weight is 361 g/mol. The monoisotopic (exact) mass is 360 g/mol. The SMILES string of the molecule is C1CNC2C3NCCCC3[Si]3(C2C1)C1CCCNC1C1NCCCC13. The van der Waals surface area contributed by atoms with Gasteiger partial charge in [-0.15, -0.1) is 0 Å². The quantitative estimate of drug-likeness (QED) is 0.499. The molecule has 6 rings (SSSR count). The Labute approximate surface area is 153 Å². The molecular formula is C20H36N4Si. The van der Waals surface area contributed by atoms with E-state index in [1.807, 2.05) is 0 Å².